The average Bonchev–Trinajstić information content (AvgIpc) is 2.87. The number of nitrogens with one attached hydrogen (secondary N) is 1. The zero-order chi connectivity index (χ0) is 10.3. The third-order valence-electron chi connectivity index (χ3n) is 2.90. The van der Waals surface area contributed by atoms with Gasteiger partial charge in [0.15, 0.2) is 5.82 Å². The van der Waals surface area contributed by atoms with Gasteiger partial charge in [0.2, 0.25) is 0 Å². The van der Waals surface area contributed by atoms with E-state index in [1.165, 1.54) is 0 Å². The van der Waals surface area contributed by atoms with Gasteiger partial charge in [-0.25, -0.2) is 4.98 Å². The molecular weight excluding hydrogens is 229 g/mol. The van der Waals surface area contributed by atoms with Crippen LogP contribution in [0.2, 0.25) is 0 Å². The molecule has 1 saturated heterocycles. The highest BCUT2D eigenvalue weighted by molar-refractivity contribution is 5.85. The van der Waals surface area contributed by atoms with E-state index in [2.05, 4.69) is 10.3 Å². The van der Waals surface area contributed by atoms with Gasteiger partial charge in [0, 0.05) is 0 Å². The van der Waals surface area contributed by atoms with Gasteiger partial charge in [-0.2, -0.15) is 4.79 Å². The number of hydrogen-bond donors (Lipinski definition) is 1. The molecule has 2 aromatic rings. The molecular formula is C11H13ClFN3. The van der Waals surface area contributed by atoms with Gasteiger partial charge in [0.1, 0.15) is 5.52 Å². The molecule has 0 unspecified atom stereocenters. The Hall–Kier alpha value is -1.13. The predicted octanol–water partition coefficient (Wildman–Crippen LogP) is 2.62. The molecule has 0 saturated carbocycles. The van der Waals surface area contributed by atoms with Crippen molar-refractivity contribution < 1.29 is 4.48 Å². The van der Waals surface area contributed by atoms with Crippen molar-refractivity contribution in [3.8, 4) is 0 Å². The largest absolute Gasteiger partial charge is 0.307 e. The number of hydrogen-bond acceptors (Lipinski definition) is 2. The third-order valence-corrected chi connectivity index (χ3v) is 2.90. The minimum atomic E-state index is 0. The zero-order valence-electron chi connectivity index (χ0n) is 8.69. The molecule has 1 aliphatic rings. The SMILES string of the molecule is Cl.Fn1c([C@@H]2CCCN2)nc2ccccc21. The molecule has 0 bridgehead atoms. The van der Waals surface area contributed by atoms with Crippen LogP contribution in [0, 0.1) is 0 Å². The van der Waals surface area contributed by atoms with Crippen molar-refractivity contribution in [3.63, 3.8) is 0 Å². The Labute approximate surface area is 99.0 Å². The van der Waals surface area contributed by atoms with E-state index in [0.29, 0.717) is 16.1 Å². The molecule has 2 heterocycles. The lowest BCUT2D eigenvalue weighted by molar-refractivity contribution is 0.348. The molecule has 0 radical (unpaired) electrons. The van der Waals surface area contributed by atoms with Crippen LogP contribution in [0.1, 0.15) is 24.7 Å². The minimum absolute atomic E-state index is 0. The average molecular weight is 242 g/mol. The Morgan fingerprint density at radius 3 is 2.88 bits per heavy atom. The Morgan fingerprint density at radius 1 is 1.38 bits per heavy atom. The number of nitrogens with zero attached hydrogens (tertiary/aromatic N) is 2. The van der Waals surface area contributed by atoms with Gasteiger partial charge >= 0.3 is 0 Å². The van der Waals surface area contributed by atoms with Gasteiger partial charge < -0.3 is 5.32 Å². The number of aromatic nitrogens is 2. The minimum Gasteiger partial charge on any atom is -0.307 e. The highest BCUT2D eigenvalue weighted by atomic mass is 35.5. The lowest BCUT2D eigenvalue weighted by Crippen LogP contribution is -2.15. The summed E-state index contributed by atoms with van der Waals surface area (Å²) in [7, 11) is 0. The summed E-state index contributed by atoms with van der Waals surface area (Å²) in [6.45, 7) is 0.952. The first-order valence-corrected chi connectivity index (χ1v) is 5.23. The van der Waals surface area contributed by atoms with E-state index in [0.717, 1.165) is 24.9 Å². The second-order valence-corrected chi connectivity index (χ2v) is 3.89. The summed E-state index contributed by atoms with van der Waals surface area (Å²) in [5.74, 6) is 0.508. The molecule has 0 aliphatic carbocycles. The molecule has 0 spiro atoms. The van der Waals surface area contributed by atoms with Crippen molar-refractivity contribution in [3.05, 3.63) is 30.1 Å². The van der Waals surface area contributed by atoms with Crippen molar-refractivity contribution in [2.45, 2.75) is 18.9 Å². The summed E-state index contributed by atoms with van der Waals surface area (Å²) >= 11 is 0. The Kier molecular flexibility index (Phi) is 3.12. The molecule has 1 atom stereocenters. The van der Waals surface area contributed by atoms with E-state index in [-0.39, 0.29) is 18.4 Å². The van der Waals surface area contributed by atoms with Crippen LogP contribution < -0.4 is 5.32 Å². The van der Waals surface area contributed by atoms with E-state index < -0.39 is 0 Å². The van der Waals surface area contributed by atoms with Crippen LogP contribution in [-0.2, 0) is 0 Å². The van der Waals surface area contributed by atoms with Crippen molar-refractivity contribution in [2.24, 2.45) is 0 Å². The predicted molar refractivity (Wildman–Crippen MR) is 63.5 cm³/mol. The molecule has 5 heteroatoms. The standard InChI is InChI=1S/C11H12FN3.ClH/c12-15-10-6-2-1-4-8(10)14-11(15)9-5-3-7-13-9;/h1-2,4,6,9,13H,3,5,7H2;1H/t9-;/m0./s1. The molecule has 3 rings (SSSR count). The fourth-order valence-corrected chi connectivity index (χ4v) is 2.14. The van der Waals surface area contributed by atoms with E-state index in [4.69, 9.17) is 0 Å². The van der Waals surface area contributed by atoms with E-state index in [1.807, 2.05) is 18.2 Å². The molecule has 3 nitrogen and oxygen atoms in total. The van der Waals surface area contributed by atoms with Crippen LogP contribution in [-0.4, -0.2) is 16.3 Å². The number of imidazole rings is 1. The summed E-state index contributed by atoms with van der Waals surface area (Å²) in [6, 6.07) is 7.36. The highest BCUT2D eigenvalue weighted by Crippen LogP contribution is 2.26. The van der Waals surface area contributed by atoms with Crippen LogP contribution in [0.4, 0.5) is 4.48 Å². The molecule has 1 aromatic heterocycles. The van der Waals surface area contributed by atoms with Crippen molar-refractivity contribution in [1.29, 1.82) is 0 Å². The molecule has 1 N–H and O–H groups in total. The molecule has 16 heavy (non-hydrogen) atoms. The topological polar surface area (TPSA) is 29.9 Å². The first-order valence-electron chi connectivity index (χ1n) is 5.23. The van der Waals surface area contributed by atoms with Crippen LogP contribution >= 0.6 is 12.4 Å². The summed E-state index contributed by atoms with van der Waals surface area (Å²) in [6.07, 6.45) is 2.06. The first-order chi connectivity index (χ1) is 7.36. The van der Waals surface area contributed by atoms with Gasteiger partial charge in [-0.15, -0.1) is 12.4 Å². The summed E-state index contributed by atoms with van der Waals surface area (Å²) in [5.41, 5.74) is 1.28. The second kappa shape index (κ2) is 4.39. The van der Waals surface area contributed by atoms with E-state index in [9.17, 15) is 4.48 Å². The highest BCUT2D eigenvalue weighted by Gasteiger charge is 2.23. The second-order valence-electron chi connectivity index (χ2n) is 3.89. The lowest BCUT2D eigenvalue weighted by atomic mass is 10.2. The van der Waals surface area contributed by atoms with Crippen molar-refractivity contribution in [2.75, 3.05) is 6.54 Å². The van der Waals surface area contributed by atoms with Crippen LogP contribution in [0.15, 0.2) is 24.3 Å². The maximum atomic E-state index is 13.9. The van der Waals surface area contributed by atoms with E-state index >= 15 is 0 Å². The van der Waals surface area contributed by atoms with Gasteiger partial charge in [-0.3, -0.25) is 0 Å². The van der Waals surface area contributed by atoms with Crippen molar-refractivity contribution >= 4 is 23.4 Å². The monoisotopic (exact) mass is 241 g/mol. The Balaban J connectivity index is 0.000000963. The third kappa shape index (κ3) is 1.68. The quantitative estimate of drug-likeness (QED) is 0.832. The Bertz CT molecular complexity index is 491. The molecule has 1 aromatic carbocycles. The van der Waals surface area contributed by atoms with Crippen LogP contribution in [0.5, 0.6) is 0 Å². The maximum Gasteiger partial charge on any atom is 0.157 e. The normalized spacial score (nSPS) is 19.9. The summed E-state index contributed by atoms with van der Waals surface area (Å²) < 4.78 is 13.9. The van der Waals surface area contributed by atoms with Crippen molar-refractivity contribution in [1.82, 2.24) is 15.1 Å². The smallest absolute Gasteiger partial charge is 0.157 e. The number of para-hydroxylation sites is 2. The maximum absolute atomic E-state index is 13.9. The fraction of sp³-hybridized carbons (Fsp3) is 0.364. The lowest BCUT2D eigenvalue weighted by Gasteiger charge is -2.06. The first kappa shape index (κ1) is 11.4. The fourth-order valence-electron chi connectivity index (χ4n) is 2.14. The Morgan fingerprint density at radius 2 is 2.19 bits per heavy atom. The molecule has 86 valence electrons. The zero-order valence-corrected chi connectivity index (χ0v) is 9.51. The molecule has 1 aliphatic heterocycles. The number of benzene rings is 1. The van der Waals surface area contributed by atoms with Crippen LogP contribution in [0.3, 0.4) is 0 Å². The summed E-state index contributed by atoms with van der Waals surface area (Å²) in [4.78, 5) is 5.03. The van der Waals surface area contributed by atoms with Gasteiger partial charge in [0.05, 0.1) is 11.6 Å². The van der Waals surface area contributed by atoms with Crippen LogP contribution in [0.25, 0.3) is 11.0 Å². The van der Waals surface area contributed by atoms with Gasteiger partial charge in [-0.1, -0.05) is 16.6 Å². The van der Waals surface area contributed by atoms with E-state index in [1.54, 1.807) is 6.07 Å². The molecule has 1 fully saturated rings. The number of fused-ring (bicyclic) bond motifs is 1. The molecule has 0 amide bonds. The van der Waals surface area contributed by atoms with Gasteiger partial charge in [0.25, 0.3) is 0 Å². The number of halogens is 2. The van der Waals surface area contributed by atoms with Gasteiger partial charge in [-0.05, 0) is 31.5 Å². The number of rotatable bonds is 1. The summed E-state index contributed by atoms with van der Waals surface area (Å²) in [5, 5.41) is 3.25.